The summed E-state index contributed by atoms with van der Waals surface area (Å²) in [6.45, 7) is 14.3. The zero-order valence-corrected chi connectivity index (χ0v) is 13.3. The first-order valence-corrected chi connectivity index (χ1v) is 8.01. The second kappa shape index (κ2) is 9.97. The van der Waals surface area contributed by atoms with Gasteiger partial charge in [-0.1, -0.05) is 73.6 Å². The lowest BCUT2D eigenvalue weighted by molar-refractivity contribution is 0.242. The molecule has 0 nitrogen and oxygen atoms in total. The average molecular weight is 240 g/mol. The zero-order chi connectivity index (χ0) is 13.3. The summed E-state index contributed by atoms with van der Waals surface area (Å²) in [4.78, 5) is 0. The van der Waals surface area contributed by atoms with E-state index in [0.29, 0.717) is 0 Å². The lowest BCUT2D eigenvalue weighted by Crippen LogP contribution is -2.16. The number of hydrogen-bond acceptors (Lipinski definition) is 0. The molecule has 104 valence electrons. The van der Waals surface area contributed by atoms with Crippen LogP contribution in [-0.4, -0.2) is 0 Å². The van der Waals surface area contributed by atoms with Crippen LogP contribution in [0.4, 0.5) is 0 Å². The molecular formula is C17H36. The van der Waals surface area contributed by atoms with Crippen LogP contribution in [0.25, 0.3) is 0 Å². The lowest BCUT2D eigenvalue weighted by Gasteiger charge is -2.27. The van der Waals surface area contributed by atoms with Gasteiger partial charge in [0.2, 0.25) is 0 Å². The van der Waals surface area contributed by atoms with Gasteiger partial charge in [-0.25, -0.2) is 0 Å². The van der Waals surface area contributed by atoms with Gasteiger partial charge in [0.15, 0.2) is 0 Å². The van der Waals surface area contributed by atoms with Crippen molar-refractivity contribution in [3.05, 3.63) is 0 Å². The summed E-state index contributed by atoms with van der Waals surface area (Å²) in [5.74, 6) is 3.69. The van der Waals surface area contributed by atoms with E-state index in [1.807, 2.05) is 0 Å². The monoisotopic (exact) mass is 240 g/mol. The molecule has 0 saturated heterocycles. The number of hydrogen-bond donors (Lipinski definition) is 0. The van der Waals surface area contributed by atoms with Crippen LogP contribution >= 0.6 is 0 Å². The lowest BCUT2D eigenvalue weighted by atomic mass is 9.79. The molecule has 0 aromatic rings. The Morgan fingerprint density at radius 1 is 0.824 bits per heavy atom. The molecule has 3 unspecified atom stereocenters. The smallest absolute Gasteiger partial charge is 0.0386 e. The first-order valence-electron chi connectivity index (χ1n) is 8.01. The van der Waals surface area contributed by atoms with Crippen molar-refractivity contribution in [2.24, 2.45) is 23.7 Å². The minimum atomic E-state index is 0.868. The third-order valence-corrected chi connectivity index (χ3v) is 4.33. The van der Waals surface area contributed by atoms with E-state index in [1.165, 1.54) is 44.9 Å². The molecule has 0 aliphatic heterocycles. The molecule has 0 amide bonds. The summed E-state index contributed by atoms with van der Waals surface area (Å²) in [6.07, 6.45) is 9.87. The molecular weight excluding hydrogens is 204 g/mol. The van der Waals surface area contributed by atoms with Gasteiger partial charge in [0.05, 0.1) is 0 Å². The molecule has 0 N–H and O–H groups in total. The first-order chi connectivity index (χ1) is 8.01. The average Bonchev–Trinajstić information content (AvgIpc) is 2.30. The van der Waals surface area contributed by atoms with Crippen LogP contribution in [0.2, 0.25) is 0 Å². The fourth-order valence-corrected chi connectivity index (χ4v) is 2.63. The van der Waals surface area contributed by atoms with Crippen LogP contribution in [0.3, 0.4) is 0 Å². The quantitative estimate of drug-likeness (QED) is 0.420. The Bertz CT molecular complexity index is 159. The molecule has 0 rings (SSSR count). The molecule has 0 saturated carbocycles. The Labute approximate surface area is 111 Å². The van der Waals surface area contributed by atoms with Crippen molar-refractivity contribution in [2.75, 3.05) is 0 Å². The van der Waals surface area contributed by atoms with Crippen LogP contribution < -0.4 is 0 Å². The second-order valence-corrected chi connectivity index (χ2v) is 6.60. The summed E-state index contributed by atoms with van der Waals surface area (Å²) in [7, 11) is 0. The van der Waals surface area contributed by atoms with Crippen molar-refractivity contribution >= 4 is 0 Å². The van der Waals surface area contributed by atoms with Crippen LogP contribution in [0.5, 0.6) is 0 Å². The van der Waals surface area contributed by atoms with E-state index in [-0.39, 0.29) is 0 Å². The van der Waals surface area contributed by atoms with E-state index in [1.54, 1.807) is 0 Å². The van der Waals surface area contributed by atoms with E-state index in [0.717, 1.165) is 23.7 Å². The fraction of sp³-hybridized carbons (Fsp3) is 1.00. The first kappa shape index (κ1) is 17.0. The van der Waals surface area contributed by atoms with Crippen LogP contribution in [0.1, 0.15) is 86.5 Å². The highest BCUT2D eigenvalue weighted by molar-refractivity contribution is 4.70. The molecule has 0 bridgehead atoms. The highest BCUT2D eigenvalue weighted by Gasteiger charge is 2.19. The largest absolute Gasteiger partial charge is 0.0654 e. The Balaban J connectivity index is 4.16. The second-order valence-electron chi connectivity index (χ2n) is 6.60. The minimum Gasteiger partial charge on any atom is -0.0654 e. The topological polar surface area (TPSA) is 0 Å². The maximum atomic E-state index is 2.49. The third kappa shape index (κ3) is 8.69. The van der Waals surface area contributed by atoms with Gasteiger partial charge in [-0.15, -0.1) is 0 Å². The molecule has 0 aliphatic rings. The summed E-state index contributed by atoms with van der Waals surface area (Å²) in [6, 6.07) is 0. The molecule has 0 aromatic carbocycles. The highest BCUT2D eigenvalue weighted by atomic mass is 14.2. The van der Waals surface area contributed by atoms with E-state index >= 15 is 0 Å². The molecule has 0 heterocycles. The number of unbranched alkanes of at least 4 members (excludes halogenated alkanes) is 1. The SMILES string of the molecule is CCCCC(C)C(CCC(C)C)CC(C)CC. The van der Waals surface area contributed by atoms with Gasteiger partial charge in [-0.05, 0) is 36.5 Å². The summed E-state index contributed by atoms with van der Waals surface area (Å²) in [5.41, 5.74) is 0. The van der Waals surface area contributed by atoms with Gasteiger partial charge in [-0.2, -0.15) is 0 Å². The van der Waals surface area contributed by atoms with Crippen molar-refractivity contribution in [1.29, 1.82) is 0 Å². The van der Waals surface area contributed by atoms with Gasteiger partial charge in [0.1, 0.15) is 0 Å². The standard InChI is InChI=1S/C17H36/c1-7-9-10-16(6)17(12-11-14(3)4)13-15(5)8-2/h14-17H,7-13H2,1-6H3. The minimum absolute atomic E-state index is 0.868. The Hall–Kier alpha value is 0. The predicted molar refractivity (Wildman–Crippen MR) is 80.3 cm³/mol. The summed E-state index contributed by atoms with van der Waals surface area (Å²) < 4.78 is 0. The van der Waals surface area contributed by atoms with E-state index in [4.69, 9.17) is 0 Å². The molecule has 0 aliphatic carbocycles. The molecule has 0 heteroatoms. The Morgan fingerprint density at radius 2 is 1.47 bits per heavy atom. The maximum Gasteiger partial charge on any atom is -0.0386 e. The van der Waals surface area contributed by atoms with Crippen molar-refractivity contribution in [3.63, 3.8) is 0 Å². The van der Waals surface area contributed by atoms with Crippen LogP contribution in [-0.2, 0) is 0 Å². The third-order valence-electron chi connectivity index (χ3n) is 4.33. The predicted octanol–water partition coefficient (Wildman–Crippen LogP) is 6.30. The normalized spacial score (nSPS) is 17.1. The van der Waals surface area contributed by atoms with Gasteiger partial charge < -0.3 is 0 Å². The maximum absolute atomic E-state index is 2.49. The van der Waals surface area contributed by atoms with Crippen molar-refractivity contribution in [2.45, 2.75) is 86.5 Å². The Kier molecular flexibility index (Phi) is 9.97. The molecule has 0 fully saturated rings. The molecule has 3 atom stereocenters. The van der Waals surface area contributed by atoms with Crippen molar-refractivity contribution in [3.8, 4) is 0 Å². The highest BCUT2D eigenvalue weighted by Crippen LogP contribution is 2.30. The van der Waals surface area contributed by atoms with Crippen LogP contribution in [0, 0.1) is 23.7 Å². The molecule has 0 radical (unpaired) electrons. The van der Waals surface area contributed by atoms with Crippen molar-refractivity contribution in [1.82, 2.24) is 0 Å². The number of rotatable bonds is 10. The zero-order valence-electron chi connectivity index (χ0n) is 13.3. The van der Waals surface area contributed by atoms with Gasteiger partial charge >= 0.3 is 0 Å². The fourth-order valence-electron chi connectivity index (χ4n) is 2.63. The van der Waals surface area contributed by atoms with Gasteiger partial charge in [0, 0.05) is 0 Å². The Morgan fingerprint density at radius 3 is 1.94 bits per heavy atom. The van der Waals surface area contributed by atoms with Gasteiger partial charge in [0.25, 0.3) is 0 Å². The van der Waals surface area contributed by atoms with Crippen LogP contribution in [0.15, 0.2) is 0 Å². The van der Waals surface area contributed by atoms with E-state index < -0.39 is 0 Å². The van der Waals surface area contributed by atoms with Gasteiger partial charge in [-0.3, -0.25) is 0 Å². The molecule has 0 spiro atoms. The molecule has 17 heavy (non-hydrogen) atoms. The van der Waals surface area contributed by atoms with E-state index in [2.05, 4.69) is 41.5 Å². The summed E-state index contributed by atoms with van der Waals surface area (Å²) in [5, 5.41) is 0. The van der Waals surface area contributed by atoms with Crippen molar-refractivity contribution < 1.29 is 0 Å². The summed E-state index contributed by atoms with van der Waals surface area (Å²) >= 11 is 0. The van der Waals surface area contributed by atoms with E-state index in [9.17, 15) is 0 Å². The molecule has 0 aromatic heterocycles.